The number of hydrogen-bond donors (Lipinski definition) is 0. The van der Waals surface area contributed by atoms with Crippen molar-refractivity contribution in [2.75, 3.05) is 0 Å². The van der Waals surface area contributed by atoms with E-state index in [1.165, 1.54) is 5.56 Å². The van der Waals surface area contributed by atoms with Crippen molar-refractivity contribution in [1.29, 1.82) is 0 Å². The molecule has 0 aliphatic carbocycles. The second-order valence-electron chi connectivity index (χ2n) is 4.40. The summed E-state index contributed by atoms with van der Waals surface area (Å²) in [7, 11) is 0. The molecule has 2 aromatic heterocycles. The monoisotopic (exact) mass is 291 g/mol. The van der Waals surface area contributed by atoms with Crippen LogP contribution in [0, 0.1) is 6.92 Å². The van der Waals surface area contributed by atoms with Gasteiger partial charge in [-0.2, -0.15) is 0 Å². The summed E-state index contributed by atoms with van der Waals surface area (Å²) in [5.74, 6) is 0. The molecule has 0 radical (unpaired) electrons. The third-order valence-corrected chi connectivity index (χ3v) is 3.66. The van der Waals surface area contributed by atoms with Crippen LogP contribution in [0.2, 0.25) is 10.3 Å². The number of nitrogens with zero attached hydrogens (tertiary/aromatic N) is 3. The Morgan fingerprint density at radius 1 is 1.05 bits per heavy atom. The number of aromatic nitrogens is 3. The van der Waals surface area contributed by atoms with E-state index in [1.807, 2.05) is 31.2 Å². The van der Waals surface area contributed by atoms with Crippen LogP contribution in [-0.4, -0.2) is 14.8 Å². The third-order valence-electron chi connectivity index (χ3n) is 3.13. The van der Waals surface area contributed by atoms with Gasteiger partial charge in [-0.3, -0.25) is 0 Å². The van der Waals surface area contributed by atoms with Crippen molar-refractivity contribution < 1.29 is 0 Å². The lowest BCUT2D eigenvalue weighted by molar-refractivity contribution is 0.802. The molecule has 0 amide bonds. The maximum Gasteiger partial charge on any atom is 0.176 e. The Kier molecular flexibility index (Phi) is 3.17. The van der Waals surface area contributed by atoms with Crippen LogP contribution in [0.15, 0.2) is 36.4 Å². The highest BCUT2D eigenvalue weighted by atomic mass is 35.5. The van der Waals surface area contributed by atoms with Crippen LogP contribution >= 0.6 is 23.2 Å². The third kappa shape index (κ3) is 2.20. The molecule has 96 valence electrons. The Morgan fingerprint density at radius 3 is 2.47 bits per heavy atom. The number of halogens is 2. The molecule has 5 heteroatoms. The predicted octanol–water partition coefficient (Wildman–Crippen LogP) is 4.09. The van der Waals surface area contributed by atoms with Crippen molar-refractivity contribution in [3.8, 4) is 0 Å². The molecular formula is C14H11Cl2N3. The normalized spacial score (nSPS) is 11.1. The van der Waals surface area contributed by atoms with Gasteiger partial charge in [0, 0.05) is 17.6 Å². The van der Waals surface area contributed by atoms with Gasteiger partial charge in [0.05, 0.1) is 5.52 Å². The fraction of sp³-hybridized carbons (Fsp3) is 0.143. The Bertz CT molecular complexity index is 735. The molecule has 2 heterocycles. The molecule has 3 nitrogen and oxygen atoms in total. The van der Waals surface area contributed by atoms with Gasteiger partial charge in [-0.1, -0.05) is 53.5 Å². The second-order valence-corrected chi connectivity index (χ2v) is 5.12. The van der Waals surface area contributed by atoms with E-state index in [9.17, 15) is 0 Å². The number of hydrogen-bond acceptors (Lipinski definition) is 2. The van der Waals surface area contributed by atoms with Crippen molar-refractivity contribution in [3.05, 3.63) is 58.0 Å². The number of benzene rings is 1. The zero-order valence-corrected chi connectivity index (χ0v) is 11.8. The van der Waals surface area contributed by atoms with Crippen molar-refractivity contribution in [3.63, 3.8) is 0 Å². The lowest BCUT2D eigenvalue weighted by Crippen LogP contribution is -2.02. The summed E-state index contributed by atoms with van der Waals surface area (Å²) in [6.07, 6.45) is 0. The highest BCUT2D eigenvalue weighted by Gasteiger charge is 2.14. The van der Waals surface area contributed by atoms with E-state index in [0.29, 0.717) is 10.3 Å². The van der Waals surface area contributed by atoms with Crippen LogP contribution in [0.5, 0.6) is 0 Å². The zero-order valence-electron chi connectivity index (χ0n) is 10.3. The van der Waals surface area contributed by atoms with Gasteiger partial charge in [-0.05, 0) is 18.6 Å². The van der Waals surface area contributed by atoms with E-state index in [2.05, 4.69) is 26.9 Å². The van der Waals surface area contributed by atoms with Crippen LogP contribution in [0.1, 0.15) is 11.3 Å². The summed E-state index contributed by atoms with van der Waals surface area (Å²) >= 11 is 12.2. The van der Waals surface area contributed by atoms with Gasteiger partial charge < -0.3 is 4.57 Å². The number of aryl methyl sites for hydroxylation is 1. The van der Waals surface area contributed by atoms with Gasteiger partial charge in [-0.25, -0.2) is 0 Å². The highest BCUT2D eigenvalue weighted by molar-refractivity contribution is 6.38. The smallest absolute Gasteiger partial charge is 0.176 e. The SMILES string of the molecule is Cc1cc2c(Cl)nnc(Cl)c2n1Cc1ccccc1. The van der Waals surface area contributed by atoms with Crippen LogP contribution in [-0.2, 0) is 6.54 Å². The molecule has 0 fully saturated rings. The Hall–Kier alpha value is -1.58. The Balaban J connectivity index is 2.18. The minimum absolute atomic E-state index is 0.378. The van der Waals surface area contributed by atoms with E-state index in [-0.39, 0.29) is 0 Å². The summed E-state index contributed by atoms with van der Waals surface area (Å²) in [6.45, 7) is 2.76. The van der Waals surface area contributed by atoms with Crippen molar-refractivity contribution in [2.45, 2.75) is 13.5 Å². The number of rotatable bonds is 2. The first-order valence-electron chi connectivity index (χ1n) is 5.88. The minimum atomic E-state index is 0.378. The second kappa shape index (κ2) is 4.83. The zero-order chi connectivity index (χ0) is 13.4. The summed E-state index contributed by atoms with van der Waals surface area (Å²) in [4.78, 5) is 0. The van der Waals surface area contributed by atoms with Crippen LogP contribution in [0.3, 0.4) is 0 Å². The largest absolute Gasteiger partial charge is 0.338 e. The topological polar surface area (TPSA) is 30.7 Å². The standard InChI is InChI=1S/C14H11Cl2N3/c1-9-7-11-12(14(16)18-17-13(11)15)19(9)8-10-5-3-2-4-6-10/h2-7H,8H2,1H3. The quantitative estimate of drug-likeness (QED) is 0.712. The molecule has 3 rings (SSSR count). The summed E-state index contributed by atoms with van der Waals surface area (Å²) in [5, 5.41) is 9.33. The highest BCUT2D eigenvalue weighted by Crippen LogP contribution is 2.29. The van der Waals surface area contributed by atoms with E-state index < -0.39 is 0 Å². The molecule has 0 aliphatic heterocycles. The molecule has 0 spiro atoms. The molecule has 0 saturated heterocycles. The van der Waals surface area contributed by atoms with Gasteiger partial charge in [-0.15, -0.1) is 10.2 Å². The molecule has 0 bridgehead atoms. The fourth-order valence-corrected chi connectivity index (χ4v) is 2.64. The first-order chi connectivity index (χ1) is 9.16. The average molecular weight is 292 g/mol. The van der Waals surface area contributed by atoms with Crippen molar-refractivity contribution >= 4 is 34.1 Å². The fourth-order valence-electron chi connectivity index (χ4n) is 2.22. The Labute approximate surface area is 120 Å². The maximum absolute atomic E-state index is 6.16. The van der Waals surface area contributed by atoms with Crippen LogP contribution in [0.4, 0.5) is 0 Å². The first kappa shape index (κ1) is 12.5. The van der Waals surface area contributed by atoms with Gasteiger partial charge in [0.1, 0.15) is 0 Å². The van der Waals surface area contributed by atoms with E-state index >= 15 is 0 Å². The van der Waals surface area contributed by atoms with Gasteiger partial charge in [0.2, 0.25) is 0 Å². The summed E-state index contributed by atoms with van der Waals surface area (Å²) in [5.41, 5.74) is 3.12. The maximum atomic E-state index is 6.16. The summed E-state index contributed by atoms with van der Waals surface area (Å²) < 4.78 is 2.10. The average Bonchev–Trinajstić information content (AvgIpc) is 2.74. The molecular weight excluding hydrogens is 281 g/mol. The number of fused-ring (bicyclic) bond motifs is 1. The molecule has 0 unspecified atom stereocenters. The van der Waals surface area contributed by atoms with E-state index in [4.69, 9.17) is 23.2 Å². The van der Waals surface area contributed by atoms with Crippen molar-refractivity contribution in [2.24, 2.45) is 0 Å². The van der Waals surface area contributed by atoms with Gasteiger partial charge in [0.15, 0.2) is 10.3 Å². The molecule has 0 atom stereocenters. The molecule has 19 heavy (non-hydrogen) atoms. The molecule has 0 N–H and O–H groups in total. The van der Waals surface area contributed by atoms with Gasteiger partial charge >= 0.3 is 0 Å². The van der Waals surface area contributed by atoms with E-state index in [0.717, 1.165) is 23.1 Å². The lowest BCUT2D eigenvalue weighted by atomic mass is 10.2. The Morgan fingerprint density at radius 2 is 1.74 bits per heavy atom. The van der Waals surface area contributed by atoms with Gasteiger partial charge in [0.25, 0.3) is 0 Å². The first-order valence-corrected chi connectivity index (χ1v) is 6.64. The van der Waals surface area contributed by atoms with E-state index in [1.54, 1.807) is 0 Å². The molecule has 0 aliphatic rings. The molecule has 3 aromatic rings. The van der Waals surface area contributed by atoms with Crippen molar-refractivity contribution in [1.82, 2.24) is 14.8 Å². The molecule has 0 saturated carbocycles. The molecule has 1 aromatic carbocycles. The lowest BCUT2D eigenvalue weighted by Gasteiger charge is -2.09. The summed E-state index contributed by atoms with van der Waals surface area (Å²) in [6, 6.07) is 12.2. The van der Waals surface area contributed by atoms with Crippen LogP contribution in [0.25, 0.3) is 10.9 Å². The minimum Gasteiger partial charge on any atom is -0.338 e. The van der Waals surface area contributed by atoms with Crippen LogP contribution < -0.4 is 0 Å². The predicted molar refractivity (Wildman–Crippen MR) is 77.8 cm³/mol.